The summed E-state index contributed by atoms with van der Waals surface area (Å²) >= 11 is 0. The number of hydrogen-bond acceptors (Lipinski definition) is 3. The van der Waals surface area contributed by atoms with Gasteiger partial charge >= 0.3 is 5.97 Å². The molecule has 0 aliphatic heterocycles. The van der Waals surface area contributed by atoms with E-state index in [0.717, 1.165) is 37.0 Å². The number of esters is 1. The molecule has 3 heteroatoms. The van der Waals surface area contributed by atoms with Gasteiger partial charge < -0.3 is 4.74 Å². The molecule has 0 unspecified atom stereocenters. The number of rotatable bonds is 2. The third-order valence-corrected chi connectivity index (χ3v) is 9.44. The van der Waals surface area contributed by atoms with Gasteiger partial charge in [-0.3, -0.25) is 9.59 Å². The molecule has 0 N–H and O–H groups in total. The van der Waals surface area contributed by atoms with E-state index in [4.69, 9.17) is 4.74 Å². The van der Waals surface area contributed by atoms with Crippen molar-refractivity contribution in [2.45, 2.75) is 91.6 Å². The Morgan fingerprint density at radius 2 is 1.54 bits per heavy atom. The molecular formula is C23H36O3. The molecule has 4 aliphatic carbocycles. The summed E-state index contributed by atoms with van der Waals surface area (Å²) in [5, 5.41) is 0. The van der Waals surface area contributed by atoms with Crippen LogP contribution in [-0.2, 0) is 14.3 Å². The maximum Gasteiger partial charge on any atom is 0.302 e. The summed E-state index contributed by atoms with van der Waals surface area (Å²) in [6.07, 6.45) is 11.0. The van der Waals surface area contributed by atoms with Gasteiger partial charge in [0.1, 0.15) is 11.9 Å². The van der Waals surface area contributed by atoms with Crippen molar-refractivity contribution < 1.29 is 14.3 Å². The smallest absolute Gasteiger partial charge is 0.302 e. The number of ether oxygens (including phenoxy) is 1. The Morgan fingerprint density at radius 1 is 0.846 bits per heavy atom. The Morgan fingerprint density at radius 3 is 2.23 bits per heavy atom. The Hall–Kier alpha value is -0.860. The normalized spacial score (nSPS) is 50.3. The van der Waals surface area contributed by atoms with Crippen molar-refractivity contribution in [3.05, 3.63) is 0 Å². The highest BCUT2D eigenvalue weighted by Crippen LogP contribution is 2.67. The van der Waals surface area contributed by atoms with Crippen LogP contribution in [-0.4, -0.2) is 17.9 Å². The van der Waals surface area contributed by atoms with Crippen LogP contribution in [0.25, 0.3) is 0 Å². The van der Waals surface area contributed by atoms with Crippen LogP contribution in [0.5, 0.6) is 0 Å². The molecule has 0 bridgehead atoms. The fourth-order valence-corrected chi connectivity index (χ4v) is 8.23. The highest BCUT2D eigenvalue weighted by molar-refractivity contribution is 5.79. The van der Waals surface area contributed by atoms with Crippen LogP contribution < -0.4 is 0 Å². The monoisotopic (exact) mass is 360 g/mol. The number of hydrogen-bond donors (Lipinski definition) is 0. The predicted molar refractivity (Wildman–Crippen MR) is 101 cm³/mol. The van der Waals surface area contributed by atoms with E-state index in [-0.39, 0.29) is 17.5 Å². The highest BCUT2D eigenvalue weighted by atomic mass is 16.5. The minimum absolute atomic E-state index is 0.123. The van der Waals surface area contributed by atoms with Crippen LogP contribution in [0.3, 0.4) is 0 Å². The molecule has 0 heterocycles. The molecule has 4 rings (SSSR count). The maximum absolute atomic E-state index is 12.2. The van der Waals surface area contributed by atoms with Gasteiger partial charge in [-0.05, 0) is 99.2 Å². The molecule has 0 spiro atoms. The molecule has 0 aromatic rings. The van der Waals surface area contributed by atoms with Gasteiger partial charge in [0.15, 0.2) is 0 Å². The van der Waals surface area contributed by atoms with Crippen LogP contribution in [0.2, 0.25) is 0 Å². The first-order valence-electron chi connectivity index (χ1n) is 10.9. The van der Waals surface area contributed by atoms with Gasteiger partial charge in [0.2, 0.25) is 0 Å². The first-order valence-corrected chi connectivity index (χ1v) is 10.9. The lowest BCUT2D eigenvalue weighted by molar-refractivity contribution is -0.161. The standard InChI is InChI=1S/C23H36O3/c1-14(24)19-7-8-20-18-6-5-16-13-17(26-15(2)25)9-11-22(16,3)21(18)10-12-23(19,20)4/h16-21H,5-13H2,1-4H3/t16-,17-,18+,19-,20+,21+,22-,23+/m0/s1. The van der Waals surface area contributed by atoms with Crippen molar-refractivity contribution in [2.24, 2.45) is 40.4 Å². The second kappa shape index (κ2) is 6.34. The molecular weight excluding hydrogens is 324 g/mol. The lowest BCUT2D eigenvalue weighted by atomic mass is 9.44. The molecule has 3 nitrogen and oxygen atoms in total. The zero-order valence-corrected chi connectivity index (χ0v) is 17.1. The molecule has 146 valence electrons. The van der Waals surface area contributed by atoms with Gasteiger partial charge in [0.05, 0.1) is 0 Å². The Kier molecular flexibility index (Phi) is 4.51. The topological polar surface area (TPSA) is 43.4 Å². The molecule has 4 aliphatic rings. The molecule has 0 amide bonds. The molecule has 0 saturated heterocycles. The van der Waals surface area contributed by atoms with Crippen molar-refractivity contribution in [3.63, 3.8) is 0 Å². The van der Waals surface area contributed by atoms with Crippen molar-refractivity contribution in [2.75, 3.05) is 0 Å². The molecule has 0 radical (unpaired) electrons. The number of carbonyl (C=O) groups is 2. The summed E-state index contributed by atoms with van der Waals surface area (Å²) in [5.41, 5.74) is 0.667. The van der Waals surface area contributed by atoms with E-state index < -0.39 is 0 Å². The first kappa shape index (κ1) is 18.5. The number of Topliss-reactive ketones (excluding diaryl/α,β-unsaturated/α-hetero) is 1. The van der Waals surface area contributed by atoms with Crippen LogP contribution >= 0.6 is 0 Å². The number of ketones is 1. The minimum atomic E-state index is -0.123. The summed E-state index contributed by atoms with van der Waals surface area (Å²) in [7, 11) is 0. The summed E-state index contributed by atoms with van der Waals surface area (Å²) in [5.74, 6) is 3.68. The Balaban J connectivity index is 1.54. The van der Waals surface area contributed by atoms with Gasteiger partial charge in [-0.25, -0.2) is 0 Å². The summed E-state index contributed by atoms with van der Waals surface area (Å²) < 4.78 is 5.57. The zero-order valence-electron chi connectivity index (χ0n) is 17.1. The van der Waals surface area contributed by atoms with E-state index in [1.165, 1.54) is 45.4 Å². The van der Waals surface area contributed by atoms with Crippen molar-refractivity contribution in [3.8, 4) is 0 Å². The third-order valence-electron chi connectivity index (χ3n) is 9.44. The van der Waals surface area contributed by atoms with Gasteiger partial charge in [-0.15, -0.1) is 0 Å². The fraction of sp³-hybridized carbons (Fsp3) is 0.913. The largest absolute Gasteiger partial charge is 0.463 e. The second-order valence-corrected chi connectivity index (χ2v) is 10.4. The number of carbonyl (C=O) groups excluding carboxylic acids is 2. The predicted octanol–water partition coefficient (Wildman–Crippen LogP) is 5.17. The highest BCUT2D eigenvalue weighted by Gasteiger charge is 2.60. The Bertz CT molecular complexity index is 598. The van der Waals surface area contributed by atoms with Crippen LogP contribution in [0.15, 0.2) is 0 Å². The molecule has 4 fully saturated rings. The van der Waals surface area contributed by atoms with E-state index in [1.54, 1.807) is 0 Å². The van der Waals surface area contributed by atoms with E-state index in [2.05, 4.69) is 13.8 Å². The van der Waals surface area contributed by atoms with Gasteiger partial charge in [0.25, 0.3) is 0 Å². The zero-order chi connectivity index (χ0) is 18.7. The van der Waals surface area contributed by atoms with Crippen molar-refractivity contribution in [1.82, 2.24) is 0 Å². The van der Waals surface area contributed by atoms with E-state index in [1.807, 2.05) is 6.92 Å². The van der Waals surface area contributed by atoms with Crippen LogP contribution in [0.4, 0.5) is 0 Å². The lowest BCUT2D eigenvalue weighted by Crippen LogP contribution is -2.54. The second-order valence-electron chi connectivity index (χ2n) is 10.4. The lowest BCUT2D eigenvalue weighted by Gasteiger charge is -2.61. The average Bonchev–Trinajstić information content (AvgIpc) is 2.92. The summed E-state index contributed by atoms with van der Waals surface area (Å²) in [4.78, 5) is 23.6. The van der Waals surface area contributed by atoms with Crippen LogP contribution in [0.1, 0.15) is 85.5 Å². The Labute approximate surface area is 158 Å². The van der Waals surface area contributed by atoms with Gasteiger partial charge in [-0.1, -0.05) is 13.8 Å². The molecule has 8 atom stereocenters. The van der Waals surface area contributed by atoms with E-state index >= 15 is 0 Å². The SMILES string of the molecule is CC(=O)O[C@H]1CC[C@@]2(C)[C@@H](CC[C@H]3[C@H]2CC[C@@]2(C)[C@@H]3CC[C@H]2C(C)=O)C1. The summed E-state index contributed by atoms with van der Waals surface area (Å²) in [6.45, 7) is 8.33. The summed E-state index contributed by atoms with van der Waals surface area (Å²) in [6, 6.07) is 0. The molecule has 4 saturated carbocycles. The van der Waals surface area contributed by atoms with Crippen LogP contribution in [0, 0.1) is 40.4 Å². The van der Waals surface area contributed by atoms with E-state index in [9.17, 15) is 9.59 Å². The van der Waals surface area contributed by atoms with Crippen molar-refractivity contribution in [1.29, 1.82) is 0 Å². The van der Waals surface area contributed by atoms with Gasteiger partial charge in [-0.2, -0.15) is 0 Å². The van der Waals surface area contributed by atoms with E-state index in [0.29, 0.717) is 23.0 Å². The fourth-order valence-electron chi connectivity index (χ4n) is 8.23. The minimum Gasteiger partial charge on any atom is -0.463 e. The maximum atomic E-state index is 12.2. The van der Waals surface area contributed by atoms with Crippen molar-refractivity contribution >= 4 is 11.8 Å². The average molecular weight is 361 g/mol. The first-order chi connectivity index (χ1) is 12.3. The molecule has 0 aromatic heterocycles. The molecule has 26 heavy (non-hydrogen) atoms. The third kappa shape index (κ3) is 2.67. The number of fused-ring (bicyclic) bond motifs is 5. The quantitative estimate of drug-likeness (QED) is 0.638. The van der Waals surface area contributed by atoms with Gasteiger partial charge in [0, 0.05) is 12.8 Å². The molecule has 0 aromatic carbocycles.